The molecule has 0 rings (SSSR count). The Bertz CT molecular complexity index is 1390. The smallest absolute Gasteiger partial charge is 0.306 e. The van der Waals surface area contributed by atoms with Gasteiger partial charge in [-0.25, -0.2) is 0 Å². The molecule has 9 heteroatoms. The van der Waals surface area contributed by atoms with Crippen molar-refractivity contribution in [2.75, 3.05) is 47.5 Å². The van der Waals surface area contributed by atoms with Crippen LogP contribution in [0.25, 0.3) is 0 Å². The van der Waals surface area contributed by atoms with Crippen molar-refractivity contribution in [1.82, 2.24) is 0 Å². The van der Waals surface area contributed by atoms with Crippen LogP contribution in [-0.2, 0) is 33.3 Å². The Kier molecular flexibility index (Phi) is 50.6. The molecule has 2 unspecified atom stereocenters. The van der Waals surface area contributed by atoms with Crippen LogP contribution in [0.1, 0.15) is 245 Å². The van der Waals surface area contributed by atoms with E-state index in [0.717, 1.165) is 77.0 Å². The van der Waals surface area contributed by atoms with Crippen LogP contribution in [0, 0.1) is 0 Å². The molecule has 0 aromatic carbocycles. The Labute approximate surface area is 437 Å². The lowest BCUT2D eigenvalue weighted by Gasteiger charge is -2.26. The van der Waals surface area contributed by atoms with Crippen LogP contribution in [0.2, 0.25) is 0 Å². The van der Waals surface area contributed by atoms with E-state index >= 15 is 0 Å². The predicted octanol–water partition coefficient (Wildman–Crippen LogP) is 15.7. The molecule has 0 amide bonds. The number of hydrogen-bond donors (Lipinski definition) is 0. The summed E-state index contributed by atoms with van der Waals surface area (Å²) in [5, 5.41) is 11.8. The minimum absolute atomic E-state index is 0.147. The van der Waals surface area contributed by atoms with Gasteiger partial charge in [-0.15, -0.1) is 0 Å². The third kappa shape index (κ3) is 54.3. The molecule has 2 atom stereocenters. The highest BCUT2D eigenvalue weighted by Gasteiger charge is 2.22. The van der Waals surface area contributed by atoms with Gasteiger partial charge in [-0.1, -0.05) is 241 Å². The average Bonchev–Trinajstić information content (AvgIpc) is 3.34. The van der Waals surface area contributed by atoms with Crippen molar-refractivity contribution < 1.29 is 42.9 Å². The zero-order chi connectivity index (χ0) is 52.0. The van der Waals surface area contributed by atoms with Crippen molar-refractivity contribution in [3.05, 3.63) is 72.9 Å². The molecule has 0 aliphatic rings. The number of aliphatic carboxylic acids is 1. The highest BCUT2D eigenvalue weighted by molar-refractivity contribution is 5.70. The Balaban J connectivity index is 4.19. The molecule has 0 aliphatic heterocycles. The molecule has 0 saturated heterocycles. The number of allylic oxidation sites excluding steroid dienone is 12. The number of rotatable bonds is 53. The molecule has 0 spiro atoms. The van der Waals surface area contributed by atoms with Gasteiger partial charge in [0.2, 0.25) is 0 Å². The first-order valence-corrected chi connectivity index (χ1v) is 29.1. The zero-order valence-electron chi connectivity index (χ0n) is 46.6. The summed E-state index contributed by atoms with van der Waals surface area (Å²) in [7, 11) is 5.92. The number of likely N-dealkylation sites (N-methyl/N-ethyl adjacent to an activating group) is 1. The van der Waals surface area contributed by atoms with E-state index in [4.69, 9.17) is 18.9 Å². The van der Waals surface area contributed by atoms with Gasteiger partial charge in [0.05, 0.1) is 40.3 Å². The number of carbonyl (C=O) groups excluding carboxylic acids is 3. The third-order valence-corrected chi connectivity index (χ3v) is 12.5. The Morgan fingerprint density at radius 3 is 1.20 bits per heavy atom. The largest absolute Gasteiger partial charge is 0.545 e. The maximum atomic E-state index is 12.9. The SMILES string of the molecule is CC/C=C\C/C=C\C/C=C\C/C=C\C/C=C\C/C=C\CCCCCCCCCCCCCCC(=O)OC(COC(=O)CCCCCCCCCCCCCCCCC)COC(OCC[N+](C)(C)C)C(=O)[O-]. The van der Waals surface area contributed by atoms with Crippen LogP contribution >= 0.6 is 0 Å². The van der Waals surface area contributed by atoms with Crippen molar-refractivity contribution in [3.8, 4) is 0 Å². The van der Waals surface area contributed by atoms with Crippen molar-refractivity contribution in [3.63, 3.8) is 0 Å². The lowest BCUT2D eigenvalue weighted by atomic mass is 10.0. The van der Waals surface area contributed by atoms with E-state index in [9.17, 15) is 19.5 Å². The van der Waals surface area contributed by atoms with Crippen LogP contribution in [0.4, 0.5) is 0 Å². The second kappa shape index (κ2) is 53.0. The second-order valence-corrected chi connectivity index (χ2v) is 20.6. The summed E-state index contributed by atoms with van der Waals surface area (Å²) in [6, 6.07) is 0. The maximum Gasteiger partial charge on any atom is 0.306 e. The van der Waals surface area contributed by atoms with Gasteiger partial charge in [0.25, 0.3) is 0 Å². The fourth-order valence-corrected chi connectivity index (χ4v) is 8.01. The van der Waals surface area contributed by atoms with Crippen molar-refractivity contribution >= 4 is 17.9 Å². The summed E-state index contributed by atoms with van der Waals surface area (Å²) in [6.07, 6.45) is 65.2. The molecule has 0 aromatic heterocycles. The summed E-state index contributed by atoms with van der Waals surface area (Å²) < 4.78 is 22.7. The van der Waals surface area contributed by atoms with E-state index in [2.05, 4.69) is 86.8 Å². The van der Waals surface area contributed by atoms with E-state index in [1.807, 2.05) is 21.1 Å². The summed E-state index contributed by atoms with van der Waals surface area (Å²) in [4.78, 5) is 37.2. The summed E-state index contributed by atoms with van der Waals surface area (Å²) in [5.74, 6) is -2.28. The molecule has 0 aliphatic carbocycles. The molecule has 0 saturated carbocycles. The van der Waals surface area contributed by atoms with Gasteiger partial charge in [0.1, 0.15) is 13.2 Å². The quantitative estimate of drug-likeness (QED) is 0.0195. The van der Waals surface area contributed by atoms with Crippen LogP contribution in [0.5, 0.6) is 0 Å². The van der Waals surface area contributed by atoms with Crippen LogP contribution in [-0.4, -0.2) is 82.3 Å². The standard InChI is InChI=1S/C62H109NO8/c1-6-8-10-12-14-16-18-20-22-23-24-25-26-27-28-29-30-31-32-33-34-35-36-37-39-41-43-45-47-49-51-53-60(65)71-58(57-70-62(61(66)67)68-55-54-63(3,4)5)56-69-59(64)52-50-48-46-44-42-40-38-21-19-17-15-13-11-9-7-2/h8,10,14,16,20,22,24-25,27-28,30-31,58,62H,6-7,9,11-13,15,17-19,21,23,26,29,32-57H2,1-5H3/b10-8-,16-14-,22-20-,25-24-,28-27-,31-30-. The predicted molar refractivity (Wildman–Crippen MR) is 297 cm³/mol. The fourth-order valence-electron chi connectivity index (χ4n) is 8.01. The van der Waals surface area contributed by atoms with Crippen LogP contribution in [0.15, 0.2) is 72.9 Å². The van der Waals surface area contributed by atoms with E-state index in [-0.39, 0.29) is 32.2 Å². The van der Waals surface area contributed by atoms with Gasteiger partial charge in [-0.3, -0.25) is 9.59 Å². The van der Waals surface area contributed by atoms with Gasteiger partial charge in [-0.2, -0.15) is 0 Å². The number of carboxylic acids is 1. The van der Waals surface area contributed by atoms with Gasteiger partial charge in [0.15, 0.2) is 12.4 Å². The monoisotopic (exact) mass is 996 g/mol. The topological polar surface area (TPSA) is 111 Å². The number of unbranched alkanes of at least 4 members (excludes halogenated alkanes) is 26. The normalized spacial score (nSPS) is 13.3. The molecule has 0 radical (unpaired) electrons. The molecule has 9 nitrogen and oxygen atoms in total. The number of carboxylic acid groups (broad SMARTS) is 1. The van der Waals surface area contributed by atoms with Gasteiger partial charge in [0, 0.05) is 12.8 Å². The molecule has 410 valence electrons. The molecule has 0 bridgehead atoms. The minimum atomic E-state index is -1.62. The van der Waals surface area contributed by atoms with Gasteiger partial charge in [-0.05, 0) is 64.2 Å². The van der Waals surface area contributed by atoms with Crippen molar-refractivity contribution in [2.45, 2.75) is 257 Å². The number of nitrogens with zero attached hydrogens (tertiary/aromatic N) is 1. The highest BCUT2D eigenvalue weighted by atomic mass is 16.7. The summed E-state index contributed by atoms with van der Waals surface area (Å²) in [6.45, 7) is 4.65. The first kappa shape index (κ1) is 67.7. The van der Waals surface area contributed by atoms with Crippen LogP contribution < -0.4 is 5.11 Å². The molecule has 0 N–H and O–H groups in total. The third-order valence-electron chi connectivity index (χ3n) is 12.5. The lowest BCUT2D eigenvalue weighted by molar-refractivity contribution is -0.870. The molecular formula is C62H109NO8. The second-order valence-electron chi connectivity index (χ2n) is 20.6. The van der Waals surface area contributed by atoms with E-state index in [0.29, 0.717) is 23.9 Å². The molecule has 0 aromatic rings. The summed E-state index contributed by atoms with van der Waals surface area (Å²) in [5.41, 5.74) is 0. The van der Waals surface area contributed by atoms with Crippen LogP contribution in [0.3, 0.4) is 0 Å². The highest BCUT2D eigenvalue weighted by Crippen LogP contribution is 2.16. The Morgan fingerprint density at radius 2 is 0.803 bits per heavy atom. The number of esters is 2. The van der Waals surface area contributed by atoms with Crippen molar-refractivity contribution in [2.24, 2.45) is 0 Å². The van der Waals surface area contributed by atoms with Crippen molar-refractivity contribution in [1.29, 1.82) is 0 Å². The molecular weight excluding hydrogens is 887 g/mol. The first-order chi connectivity index (χ1) is 34.6. The molecule has 0 heterocycles. The Morgan fingerprint density at radius 1 is 0.437 bits per heavy atom. The average molecular weight is 997 g/mol. The number of carbonyl (C=O) groups is 3. The van der Waals surface area contributed by atoms with Gasteiger partial charge >= 0.3 is 11.9 Å². The first-order valence-electron chi connectivity index (χ1n) is 29.1. The maximum absolute atomic E-state index is 12.9. The molecule has 71 heavy (non-hydrogen) atoms. The lowest BCUT2D eigenvalue weighted by Crippen LogP contribution is -2.44. The van der Waals surface area contributed by atoms with Gasteiger partial charge < -0.3 is 33.3 Å². The molecule has 0 fully saturated rings. The summed E-state index contributed by atoms with van der Waals surface area (Å²) >= 11 is 0. The zero-order valence-corrected chi connectivity index (χ0v) is 46.6. The Hall–Kier alpha value is -3.27. The fraction of sp³-hybridized carbons (Fsp3) is 0.758. The number of quaternary nitrogens is 1. The van der Waals surface area contributed by atoms with E-state index in [1.165, 1.54) is 135 Å². The number of hydrogen-bond acceptors (Lipinski definition) is 8. The minimum Gasteiger partial charge on any atom is -0.545 e. The van der Waals surface area contributed by atoms with E-state index < -0.39 is 24.3 Å². The van der Waals surface area contributed by atoms with E-state index in [1.54, 1.807) is 0 Å². The number of ether oxygens (including phenoxy) is 4.